The van der Waals surface area contributed by atoms with Gasteiger partial charge in [0.2, 0.25) is 0 Å². The third kappa shape index (κ3) is 4.30. The predicted molar refractivity (Wildman–Crippen MR) is 100 cm³/mol. The molecule has 7 heteroatoms. The van der Waals surface area contributed by atoms with Crippen LogP contribution in [-0.4, -0.2) is 19.2 Å². The number of carbonyl (C=O) groups excluding carboxylic acids is 1. The topological polar surface area (TPSA) is 98.8 Å². The highest BCUT2D eigenvalue weighted by atomic mass is 16.6. The molecule has 28 heavy (non-hydrogen) atoms. The summed E-state index contributed by atoms with van der Waals surface area (Å²) in [5.41, 5.74) is 0.815. The summed E-state index contributed by atoms with van der Waals surface area (Å²) < 4.78 is 21.1. The molecule has 2 aromatic carbocycles. The van der Waals surface area contributed by atoms with E-state index in [4.69, 9.17) is 23.9 Å². The van der Waals surface area contributed by atoms with E-state index in [1.165, 1.54) is 13.2 Å². The Labute approximate surface area is 160 Å². The first-order chi connectivity index (χ1) is 13.5. The molecule has 1 heterocycles. The van der Waals surface area contributed by atoms with Crippen LogP contribution in [0.2, 0.25) is 0 Å². The SMILES string of the molecule is COc1ccc2c(COC(=O)[C@H](C)Oc3ccc(C#N)cc3)cc(=O)oc2c1. The Morgan fingerprint density at radius 1 is 1.14 bits per heavy atom. The normalized spacial score (nSPS) is 11.5. The minimum atomic E-state index is -0.862. The molecular formula is C21H17NO6. The molecule has 0 bridgehead atoms. The fourth-order valence-electron chi connectivity index (χ4n) is 2.58. The van der Waals surface area contributed by atoms with Crippen LogP contribution in [0.5, 0.6) is 11.5 Å². The van der Waals surface area contributed by atoms with E-state index in [0.717, 1.165) is 0 Å². The third-order valence-corrected chi connectivity index (χ3v) is 4.04. The summed E-state index contributed by atoms with van der Waals surface area (Å²) >= 11 is 0. The van der Waals surface area contributed by atoms with Crippen molar-refractivity contribution in [3.8, 4) is 17.6 Å². The van der Waals surface area contributed by atoms with E-state index in [1.54, 1.807) is 49.4 Å². The second-order valence-corrected chi connectivity index (χ2v) is 5.96. The summed E-state index contributed by atoms with van der Waals surface area (Å²) in [6.45, 7) is 1.46. The van der Waals surface area contributed by atoms with Crippen LogP contribution in [0.3, 0.4) is 0 Å². The number of hydrogen-bond acceptors (Lipinski definition) is 7. The Kier molecular flexibility index (Phi) is 5.61. The van der Waals surface area contributed by atoms with Gasteiger partial charge in [-0.25, -0.2) is 9.59 Å². The van der Waals surface area contributed by atoms with Crippen molar-refractivity contribution in [2.45, 2.75) is 19.6 Å². The summed E-state index contributed by atoms with van der Waals surface area (Å²) in [4.78, 5) is 24.0. The Morgan fingerprint density at radius 2 is 1.86 bits per heavy atom. The summed E-state index contributed by atoms with van der Waals surface area (Å²) in [7, 11) is 1.51. The van der Waals surface area contributed by atoms with Gasteiger partial charge in [-0.3, -0.25) is 0 Å². The van der Waals surface area contributed by atoms with E-state index < -0.39 is 17.7 Å². The van der Waals surface area contributed by atoms with Crippen molar-refractivity contribution in [1.82, 2.24) is 0 Å². The van der Waals surface area contributed by atoms with Crippen LogP contribution in [0.15, 0.2) is 57.7 Å². The van der Waals surface area contributed by atoms with Gasteiger partial charge in [-0.05, 0) is 43.3 Å². The number of fused-ring (bicyclic) bond motifs is 1. The van der Waals surface area contributed by atoms with Crippen molar-refractivity contribution >= 4 is 16.9 Å². The maximum atomic E-state index is 12.2. The molecule has 0 aliphatic rings. The molecule has 0 radical (unpaired) electrons. The first-order valence-corrected chi connectivity index (χ1v) is 8.44. The van der Waals surface area contributed by atoms with Gasteiger partial charge in [0.1, 0.15) is 23.7 Å². The first kappa shape index (κ1) is 19.0. The van der Waals surface area contributed by atoms with Gasteiger partial charge in [-0.15, -0.1) is 0 Å². The van der Waals surface area contributed by atoms with E-state index in [2.05, 4.69) is 0 Å². The molecule has 1 aromatic heterocycles. The Morgan fingerprint density at radius 3 is 2.54 bits per heavy atom. The van der Waals surface area contributed by atoms with Gasteiger partial charge in [0.05, 0.1) is 18.7 Å². The number of benzene rings is 2. The summed E-state index contributed by atoms with van der Waals surface area (Å²) in [6.07, 6.45) is -0.862. The standard InChI is InChI=1S/C21H17NO6/c1-13(27-16-5-3-14(11-22)4-6-16)21(24)26-12-15-9-20(23)28-19-10-17(25-2)7-8-18(15)19/h3-10,13H,12H2,1-2H3/t13-/m0/s1. The molecule has 0 fully saturated rings. The molecule has 7 nitrogen and oxygen atoms in total. The van der Waals surface area contributed by atoms with Gasteiger partial charge in [0.15, 0.2) is 6.10 Å². The highest BCUT2D eigenvalue weighted by molar-refractivity contribution is 5.82. The van der Waals surface area contributed by atoms with E-state index in [1.807, 2.05) is 6.07 Å². The molecule has 0 aliphatic heterocycles. The number of nitriles is 1. The molecular weight excluding hydrogens is 362 g/mol. The lowest BCUT2D eigenvalue weighted by molar-refractivity contribution is -0.152. The van der Waals surface area contributed by atoms with Gasteiger partial charge < -0.3 is 18.6 Å². The van der Waals surface area contributed by atoms with Crippen LogP contribution in [0.1, 0.15) is 18.1 Å². The Balaban J connectivity index is 1.69. The van der Waals surface area contributed by atoms with Gasteiger partial charge in [-0.1, -0.05) is 0 Å². The first-order valence-electron chi connectivity index (χ1n) is 8.44. The molecule has 0 unspecified atom stereocenters. The van der Waals surface area contributed by atoms with Crippen LogP contribution in [0, 0.1) is 11.3 Å². The van der Waals surface area contributed by atoms with Crippen molar-refractivity contribution in [3.63, 3.8) is 0 Å². The number of hydrogen-bond donors (Lipinski definition) is 0. The maximum absolute atomic E-state index is 12.2. The maximum Gasteiger partial charge on any atom is 0.347 e. The van der Waals surface area contributed by atoms with E-state index >= 15 is 0 Å². The molecule has 3 aromatic rings. The average Bonchev–Trinajstić information content (AvgIpc) is 2.71. The highest BCUT2D eigenvalue weighted by Gasteiger charge is 2.17. The molecule has 142 valence electrons. The van der Waals surface area contributed by atoms with Crippen molar-refractivity contribution in [3.05, 3.63) is 70.1 Å². The molecule has 0 N–H and O–H groups in total. The predicted octanol–water partition coefficient (Wildman–Crippen LogP) is 3.18. The van der Waals surface area contributed by atoms with Crippen LogP contribution in [0.25, 0.3) is 11.0 Å². The monoisotopic (exact) mass is 379 g/mol. The second kappa shape index (κ2) is 8.27. The van der Waals surface area contributed by atoms with Crippen molar-refractivity contribution in [2.75, 3.05) is 7.11 Å². The van der Waals surface area contributed by atoms with E-state index in [9.17, 15) is 9.59 Å². The molecule has 0 aliphatic carbocycles. The van der Waals surface area contributed by atoms with Crippen LogP contribution < -0.4 is 15.1 Å². The van der Waals surface area contributed by atoms with Crippen LogP contribution in [0.4, 0.5) is 0 Å². The lowest BCUT2D eigenvalue weighted by Crippen LogP contribution is -2.26. The summed E-state index contributed by atoms with van der Waals surface area (Å²) in [5.74, 6) is 0.412. The summed E-state index contributed by atoms with van der Waals surface area (Å²) in [6, 6.07) is 14.7. The lowest BCUT2D eigenvalue weighted by Gasteiger charge is -2.14. The van der Waals surface area contributed by atoms with Crippen molar-refractivity contribution < 1.29 is 23.4 Å². The molecule has 1 atom stereocenters. The number of carbonyl (C=O) groups is 1. The second-order valence-electron chi connectivity index (χ2n) is 5.96. The zero-order valence-corrected chi connectivity index (χ0v) is 15.3. The van der Waals surface area contributed by atoms with Gasteiger partial charge in [0.25, 0.3) is 0 Å². The minimum Gasteiger partial charge on any atom is -0.497 e. The van der Waals surface area contributed by atoms with E-state index in [-0.39, 0.29) is 6.61 Å². The molecule has 0 saturated heterocycles. The largest absolute Gasteiger partial charge is 0.497 e. The molecule has 0 spiro atoms. The number of rotatable bonds is 6. The Bertz CT molecular complexity index is 1090. The van der Waals surface area contributed by atoms with E-state index in [0.29, 0.717) is 33.6 Å². The fourth-order valence-corrected chi connectivity index (χ4v) is 2.58. The molecule has 0 amide bonds. The third-order valence-electron chi connectivity index (χ3n) is 4.04. The highest BCUT2D eigenvalue weighted by Crippen LogP contribution is 2.23. The average molecular weight is 379 g/mol. The number of esters is 1. The molecule has 3 rings (SSSR count). The number of methoxy groups -OCH3 is 1. The van der Waals surface area contributed by atoms with Crippen LogP contribution in [-0.2, 0) is 16.1 Å². The quantitative estimate of drug-likeness (QED) is 0.479. The van der Waals surface area contributed by atoms with Gasteiger partial charge in [0, 0.05) is 23.1 Å². The van der Waals surface area contributed by atoms with Crippen LogP contribution >= 0.6 is 0 Å². The summed E-state index contributed by atoms with van der Waals surface area (Å²) in [5, 5.41) is 9.45. The zero-order valence-electron chi connectivity index (χ0n) is 15.3. The zero-order chi connectivity index (χ0) is 20.1. The number of ether oxygens (including phenoxy) is 3. The fraction of sp³-hybridized carbons (Fsp3) is 0.190. The smallest absolute Gasteiger partial charge is 0.347 e. The van der Waals surface area contributed by atoms with Gasteiger partial charge in [-0.2, -0.15) is 5.26 Å². The van der Waals surface area contributed by atoms with Gasteiger partial charge >= 0.3 is 11.6 Å². The lowest BCUT2D eigenvalue weighted by atomic mass is 10.1. The molecule has 0 saturated carbocycles. The van der Waals surface area contributed by atoms with Crippen molar-refractivity contribution in [2.24, 2.45) is 0 Å². The minimum absolute atomic E-state index is 0.103. The Hall–Kier alpha value is -3.79. The van der Waals surface area contributed by atoms with Crippen molar-refractivity contribution in [1.29, 1.82) is 5.26 Å². The number of nitrogens with zero attached hydrogens (tertiary/aromatic N) is 1.